The van der Waals surface area contributed by atoms with Crippen LogP contribution in [0.3, 0.4) is 0 Å². The molecule has 2 aromatic heterocycles. The van der Waals surface area contributed by atoms with Gasteiger partial charge in [0.25, 0.3) is 0 Å². The molecule has 2 amide bonds. The standard InChI is InChI=1S/C18H22FN7O/c1-5-20-18(27)21-15-10-16(24-26-12(3)22-23-17(15)26)25(4)11(2)13-6-8-14(19)9-7-13/h6-11H,5H2,1-4H3,(H2,20,21,27)/t11-/m0/s1. The molecule has 27 heavy (non-hydrogen) atoms. The molecule has 1 atom stereocenters. The minimum atomic E-state index is -0.327. The summed E-state index contributed by atoms with van der Waals surface area (Å²) >= 11 is 0. The highest BCUT2D eigenvalue weighted by Gasteiger charge is 2.18. The van der Waals surface area contributed by atoms with E-state index in [4.69, 9.17) is 0 Å². The Hall–Kier alpha value is -3.23. The van der Waals surface area contributed by atoms with Gasteiger partial charge in [0.15, 0.2) is 11.6 Å². The summed E-state index contributed by atoms with van der Waals surface area (Å²) in [6, 6.07) is 7.71. The fourth-order valence-electron chi connectivity index (χ4n) is 2.73. The number of aryl methyl sites for hydroxylation is 1. The largest absolute Gasteiger partial charge is 0.351 e. The van der Waals surface area contributed by atoms with E-state index in [1.165, 1.54) is 12.1 Å². The monoisotopic (exact) mass is 371 g/mol. The Bertz CT molecular complexity index is 954. The second-order valence-corrected chi connectivity index (χ2v) is 6.22. The molecule has 0 aliphatic carbocycles. The molecule has 142 valence electrons. The first-order valence-electron chi connectivity index (χ1n) is 8.67. The molecule has 0 aliphatic rings. The van der Waals surface area contributed by atoms with Crippen LogP contribution in [0.4, 0.5) is 20.7 Å². The number of aromatic nitrogens is 4. The molecular weight excluding hydrogens is 349 g/mol. The first-order valence-corrected chi connectivity index (χ1v) is 8.67. The molecule has 2 N–H and O–H groups in total. The number of halogens is 1. The topological polar surface area (TPSA) is 87.5 Å². The van der Waals surface area contributed by atoms with Crippen molar-refractivity contribution >= 4 is 23.2 Å². The Morgan fingerprint density at radius 1 is 1.30 bits per heavy atom. The molecule has 3 rings (SSSR count). The van der Waals surface area contributed by atoms with E-state index in [-0.39, 0.29) is 17.9 Å². The Morgan fingerprint density at radius 2 is 2.00 bits per heavy atom. The molecular formula is C18H22FN7O. The number of nitrogens with zero attached hydrogens (tertiary/aromatic N) is 5. The van der Waals surface area contributed by atoms with Gasteiger partial charge in [0.1, 0.15) is 5.82 Å². The van der Waals surface area contributed by atoms with E-state index < -0.39 is 0 Å². The van der Waals surface area contributed by atoms with Crippen LogP contribution in [0.25, 0.3) is 5.65 Å². The van der Waals surface area contributed by atoms with Crippen molar-refractivity contribution in [3.05, 3.63) is 47.5 Å². The fraction of sp³-hybridized carbons (Fsp3) is 0.333. The molecule has 0 radical (unpaired) electrons. The molecule has 1 aromatic carbocycles. The highest BCUT2D eigenvalue weighted by Crippen LogP contribution is 2.27. The summed E-state index contributed by atoms with van der Waals surface area (Å²) in [5.41, 5.74) is 1.91. The maximum atomic E-state index is 13.2. The number of nitrogens with one attached hydrogen (secondary N) is 2. The van der Waals surface area contributed by atoms with Crippen molar-refractivity contribution in [2.24, 2.45) is 0 Å². The number of anilines is 2. The van der Waals surface area contributed by atoms with Crippen LogP contribution in [0.15, 0.2) is 30.3 Å². The smallest absolute Gasteiger partial charge is 0.319 e. The zero-order chi connectivity index (χ0) is 19.6. The van der Waals surface area contributed by atoms with E-state index in [9.17, 15) is 9.18 Å². The molecule has 0 aliphatic heterocycles. The number of rotatable bonds is 5. The summed E-state index contributed by atoms with van der Waals surface area (Å²) in [5.74, 6) is 0.948. The van der Waals surface area contributed by atoms with Crippen LogP contribution in [0.2, 0.25) is 0 Å². The van der Waals surface area contributed by atoms with Gasteiger partial charge in [-0.05, 0) is 38.5 Å². The SMILES string of the molecule is CCNC(=O)Nc1cc(N(C)[C@@H](C)c2ccc(F)cc2)nn2c(C)nnc12. The molecule has 0 spiro atoms. The maximum Gasteiger partial charge on any atom is 0.319 e. The van der Waals surface area contributed by atoms with Gasteiger partial charge >= 0.3 is 6.03 Å². The molecule has 0 unspecified atom stereocenters. The van der Waals surface area contributed by atoms with Gasteiger partial charge in [0.2, 0.25) is 5.65 Å². The third-order valence-corrected chi connectivity index (χ3v) is 4.39. The number of amides is 2. The van der Waals surface area contributed by atoms with Crippen LogP contribution in [0.1, 0.15) is 31.3 Å². The van der Waals surface area contributed by atoms with E-state index in [2.05, 4.69) is 25.9 Å². The highest BCUT2D eigenvalue weighted by molar-refractivity contribution is 5.93. The first-order chi connectivity index (χ1) is 12.9. The molecule has 8 nitrogen and oxygen atoms in total. The number of hydrogen-bond acceptors (Lipinski definition) is 5. The molecule has 9 heteroatoms. The molecule has 0 saturated carbocycles. The lowest BCUT2D eigenvalue weighted by Crippen LogP contribution is -2.29. The lowest BCUT2D eigenvalue weighted by Gasteiger charge is -2.26. The number of hydrogen-bond donors (Lipinski definition) is 2. The van der Waals surface area contributed by atoms with Gasteiger partial charge in [-0.25, -0.2) is 9.18 Å². The summed E-state index contributed by atoms with van der Waals surface area (Å²) < 4.78 is 14.8. The number of carbonyl (C=O) groups is 1. The van der Waals surface area contributed by atoms with Gasteiger partial charge in [-0.1, -0.05) is 12.1 Å². The van der Waals surface area contributed by atoms with Gasteiger partial charge in [0, 0.05) is 19.7 Å². The van der Waals surface area contributed by atoms with Crippen LogP contribution < -0.4 is 15.5 Å². The van der Waals surface area contributed by atoms with E-state index in [0.717, 1.165) is 5.56 Å². The van der Waals surface area contributed by atoms with Crippen molar-refractivity contribution in [1.82, 2.24) is 25.1 Å². The average molecular weight is 371 g/mol. The first kappa shape index (κ1) is 18.6. The zero-order valence-electron chi connectivity index (χ0n) is 15.7. The van der Waals surface area contributed by atoms with Gasteiger partial charge in [-0.3, -0.25) is 0 Å². The van der Waals surface area contributed by atoms with Crippen molar-refractivity contribution in [2.45, 2.75) is 26.8 Å². The second-order valence-electron chi connectivity index (χ2n) is 6.22. The zero-order valence-corrected chi connectivity index (χ0v) is 15.7. The molecule has 3 aromatic rings. The minimum absolute atomic E-state index is 0.0651. The number of benzene rings is 1. The summed E-state index contributed by atoms with van der Waals surface area (Å²) in [6.07, 6.45) is 0. The molecule has 2 heterocycles. The Morgan fingerprint density at radius 3 is 2.67 bits per heavy atom. The lowest BCUT2D eigenvalue weighted by molar-refractivity contribution is 0.252. The van der Waals surface area contributed by atoms with Gasteiger partial charge < -0.3 is 15.5 Å². The normalized spacial score (nSPS) is 12.0. The minimum Gasteiger partial charge on any atom is -0.351 e. The predicted molar refractivity (Wildman–Crippen MR) is 101 cm³/mol. The maximum absolute atomic E-state index is 13.2. The van der Waals surface area contributed by atoms with E-state index >= 15 is 0 Å². The number of carbonyl (C=O) groups excluding carboxylic acids is 1. The van der Waals surface area contributed by atoms with Crippen molar-refractivity contribution in [1.29, 1.82) is 0 Å². The Labute approximate surface area is 156 Å². The number of urea groups is 1. The van der Waals surface area contributed by atoms with Crippen molar-refractivity contribution in [2.75, 3.05) is 23.8 Å². The highest BCUT2D eigenvalue weighted by atomic mass is 19.1. The third-order valence-electron chi connectivity index (χ3n) is 4.39. The van der Waals surface area contributed by atoms with Gasteiger partial charge in [0.05, 0.1) is 11.7 Å². The predicted octanol–water partition coefficient (Wildman–Crippen LogP) is 2.91. The molecule has 0 bridgehead atoms. The Balaban J connectivity index is 1.98. The van der Waals surface area contributed by atoms with E-state index in [1.54, 1.807) is 29.6 Å². The summed E-state index contributed by atoms with van der Waals surface area (Å²) in [6.45, 7) is 6.13. The lowest BCUT2D eigenvalue weighted by atomic mass is 10.1. The molecule has 0 saturated heterocycles. The quantitative estimate of drug-likeness (QED) is 0.720. The van der Waals surface area contributed by atoms with Crippen molar-refractivity contribution < 1.29 is 9.18 Å². The third kappa shape index (κ3) is 3.81. The van der Waals surface area contributed by atoms with Crippen LogP contribution in [0.5, 0.6) is 0 Å². The van der Waals surface area contributed by atoms with E-state index in [1.807, 2.05) is 25.8 Å². The van der Waals surface area contributed by atoms with E-state index in [0.29, 0.717) is 29.5 Å². The second kappa shape index (κ2) is 7.56. The molecule has 0 fully saturated rings. The van der Waals surface area contributed by atoms with Gasteiger partial charge in [-0.2, -0.15) is 4.52 Å². The number of fused-ring (bicyclic) bond motifs is 1. The summed E-state index contributed by atoms with van der Waals surface area (Å²) in [5, 5.41) is 18.2. The average Bonchev–Trinajstić information content (AvgIpc) is 3.02. The van der Waals surface area contributed by atoms with Crippen LogP contribution in [-0.4, -0.2) is 39.4 Å². The fourth-order valence-corrected chi connectivity index (χ4v) is 2.73. The summed E-state index contributed by atoms with van der Waals surface area (Å²) in [7, 11) is 1.89. The van der Waals surface area contributed by atoms with Crippen LogP contribution in [0, 0.1) is 12.7 Å². The van der Waals surface area contributed by atoms with Crippen LogP contribution in [-0.2, 0) is 0 Å². The van der Waals surface area contributed by atoms with Crippen molar-refractivity contribution in [3.8, 4) is 0 Å². The van der Waals surface area contributed by atoms with Crippen molar-refractivity contribution in [3.63, 3.8) is 0 Å². The van der Waals surface area contributed by atoms with Crippen LogP contribution >= 0.6 is 0 Å². The summed E-state index contributed by atoms with van der Waals surface area (Å²) in [4.78, 5) is 13.9. The Kier molecular flexibility index (Phi) is 5.20. The van der Waals surface area contributed by atoms with Gasteiger partial charge in [-0.15, -0.1) is 15.3 Å².